The number of anilines is 2. The predicted molar refractivity (Wildman–Crippen MR) is 132 cm³/mol. The van der Waals surface area contributed by atoms with Gasteiger partial charge in [-0.1, -0.05) is 18.2 Å². The fraction of sp³-hybridized carbons (Fsp3) is 0.600. The highest BCUT2D eigenvalue weighted by Gasteiger charge is 2.43. The lowest BCUT2D eigenvalue weighted by atomic mass is 9.67. The van der Waals surface area contributed by atoms with Crippen molar-refractivity contribution in [1.29, 1.82) is 0 Å². The first kappa shape index (κ1) is 21.7. The number of piperidine rings is 2. The van der Waals surface area contributed by atoms with Crippen LogP contribution in [0.1, 0.15) is 43.4 Å². The summed E-state index contributed by atoms with van der Waals surface area (Å²) in [5, 5.41) is 3.34. The topological polar surface area (TPSA) is 42.9 Å². The summed E-state index contributed by atoms with van der Waals surface area (Å²) in [6.07, 6.45) is 5.92. The van der Waals surface area contributed by atoms with Crippen LogP contribution in [0, 0.1) is 6.92 Å². The Morgan fingerprint density at radius 1 is 1.06 bits per heavy atom. The summed E-state index contributed by atoms with van der Waals surface area (Å²) in [6.45, 7) is 7.45. The molecule has 1 aromatic carbocycles. The number of carbonyl (C=O) groups excluding carboxylic acids is 1. The molecule has 6 nitrogen and oxygen atoms in total. The van der Waals surface area contributed by atoms with Crippen LogP contribution >= 0.6 is 11.3 Å². The van der Waals surface area contributed by atoms with Crippen molar-refractivity contribution in [3.8, 4) is 0 Å². The van der Waals surface area contributed by atoms with Gasteiger partial charge in [0.2, 0.25) is 0 Å². The third-order valence-electron chi connectivity index (χ3n) is 7.81. The Morgan fingerprint density at radius 2 is 1.75 bits per heavy atom. The van der Waals surface area contributed by atoms with Crippen molar-refractivity contribution in [2.24, 2.45) is 0 Å². The van der Waals surface area contributed by atoms with Crippen LogP contribution in [-0.2, 0) is 5.41 Å². The summed E-state index contributed by atoms with van der Waals surface area (Å²) >= 11 is 1.78. The quantitative estimate of drug-likeness (QED) is 0.678. The number of carbonyl (C=O) groups is 1. The third-order valence-corrected chi connectivity index (χ3v) is 8.83. The molecule has 0 radical (unpaired) electrons. The number of amides is 2. The van der Waals surface area contributed by atoms with E-state index in [0.717, 1.165) is 50.5 Å². The molecular weight excluding hydrogens is 418 g/mol. The molecule has 0 atom stereocenters. The lowest BCUT2D eigenvalue weighted by Gasteiger charge is -2.50. The molecule has 32 heavy (non-hydrogen) atoms. The van der Waals surface area contributed by atoms with E-state index in [4.69, 9.17) is 0 Å². The minimum atomic E-state index is 0.0897. The molecule has 2 saturated heterocycles. The minimum Gasteiger partial charge on any atom is -0.348 e. The second-order valence-corrected chi connectivity index (χ2v) is 10.7. The summed E-state index contributed by atoms with van der Waals surface area (Å²) in [5.74, 6) is 0. The number of benzene rings is 1. The number of likely N-dealkylation sites (tertiary alicyclic amines) is 1. The number of thiazole rings is 1. The van der Waals surface area contributed by atoms with Crippen LogP contribution in [0.5, 0.6) is 0 Å². The van der Waals surface area contributed by atoms with Crippen LogP contribution in [0.3, 0.4) is 0 Å². The van der Waals surface area contributed by atoms with Gasteiger partial charge in [0, 0.05) is 56.3 Å². The number of hydrogen-bond donors (Lipinski definition) is 0. The zero-order valence-electron chi connectivity index (χ0n) is 19.6. The van der Waals surface area contributed by atoms with E-state index < -0.39 is 0 Å². The average Bonchev–Trinajstić information content (AvgIpc) is 3.26. The van der Waals surface area contributed by atoms with E-state index in [1.807, 2.05) is 19.0 Å². The number of rotatable bonds is 2. The van der Waals surface area contributed by atoms with Gasteiger partial charge in [-0.05, 0) is 63.7 Å². The van der Waals surface area contributed by atoms with Gasteiger partial charge >= 0.3 is 6.03 Å². The molecule has 0 N–H and O–H groups in total. The van der Waals surface area contributed by atoms with Gasteiger partial charge in [-0.2, -0.15) is 0 Å². The van der Waals surface area contributed by atoms with Crippen molar-refractivity contribution in [3.05, 3.63) is 40.9 Å². The SMILES string of the molecule is Cc1csc(N2CCC(N3CCC4(CCN(C(=O)N(C)C)c5ccccc54)CC3)CC2)n1. The molecule has 1 aromatic heterocycles. The molecule has 2 fully saturated rings. The van der Waals surface area contributed by atoms with Gasteiger partial charge in [-0.15, -0.1) is 11.3 Å². The molecule has 3 aliphatic rings. The number of para-hydroxylation sites is 1. The van der Waals surface area contributed by atoms with Gasteiger partial charge in [-0.3, -0.25) is 4.90 Å². The summed E-state index contributed by atoms with van der Waals surface area (Å²) in [5.41, 5.74) is 3.86. The fourth-order valence-corrected chi connectivity index (χ4v) is 6.78. The monoisotopic (exact) mass is 453 g/mol. The molecule has 1 spiro atoms. The van der Waals surface area contributed by atoms with Crippen LogP contribution < -0.4 is 9.80 Å². The van der Waals surface area contributed by atoms with Crippen molar-refractivity contribution < 1.29 is 4.79 Å². The van der Waals surface area contributed by atoms with E-state index in [0.29, 0.717) is 6.04 Å². The third kappa shape index (κ3) is 3.90. The molecule has 5 rings (SSSR count). The Labute approximate surface area is 195 Å². The van der Waals surface area contributed by atoms with Crippen LogP contribution in [0.15, 0.2) is 29.6 Å². The normalized spacial score (nSPS) is 21.6. The van der Waals surface area contributed by atoms with E-state index in [-0.39, 0.29) is 11.4 Å². The number of hydrogen-bond acceptors (Lipinski definition) is 5. The van der Waals surface area contributed by atoms with Crippen molar-refractivity contribution >= 4 is 28.2 Å². The van der Waals surface area contributed by atoms with Crippen molar-refractivity contribution in [3.63, 3.8) is 0 Å². The van der Waals surface area contributed by atoms with Crippen LogP contribution in [-0.4, -0.2) is 73.7 Å². The lowest BCUT2D eigenvalue weighted by molar-refractivity contribution is 0.0948. The maximum absolute atomic E-state index is 12.8. The zero-order chi connectivity index (χ0) is 22.3. The van der Waals surface area contributed by atoms with E-state index in [2.05, 4.69) is 51.4 Å². The first-order valence-electron chi connectivity index (χ1n) is 12.0. The summed E-state index contributed by atoms with van der Waals surface area (Å²) < 4.78 is 0. The summed E-state index contributed by atoms with van der Waals surface area (Å²) in [7, 11) is 3.68. The number of aromatic nitrogens is 1. The number of fused-ring (bicyclic) bond motifs is 2. The first-order valence-corrected chi connectivity index (χ1v) is 12.8. The highest BCUT2D eigenvalue weighted by molar-refractivity contribution is 7.13. The van der Waals surface area contributed by atoms with Gasteiger partial charge < -0.3 is 14.7 Å². The van der Waals surface area contributed by atoms with Crippen LogP contribution in [0.25, 0.3) is 0 Å². The maximum Gasteiger partial charge on any atom is 0.323 e. The highest BCUT2D eigenvalue weighted by atomic mass is 32.1. The fourth-order valence-electron chi connectivity index (χ4n) is 5.92. The Bertz CT molecular complexity index is 957. The molecule has 7 heteroatoms. The predicted octanol–water partition coefficient (Wildman–Crippen LogP) is 4.35. The molecule has 0 saturated carbocycles. The Hall–Kier alpha value is -2.12. The Morgan fingerprint density at radius 3 is 2.41 bits per heavy atom. The second kappa shape index (κ2) is 8.67. The Kier molecular flexibility index (Phi) is 5.88. The minimum absolute atomic E-state index is 0.0897. The van der Waals surface area contributed by atoms with E-state index in [9.17, 15) is 4.79 Å². The largest absolute Gasteiger partial charge is 0.348 e. The smallest absolute Gasteiger partial charge is 0.323 e. The van der Waals surface area contributed by atoms with E-state index in [1.54, 1.807) is 16.2 Å². The van der Waals surface area contributed by atoms with Crippen LogP contribution in [0.2, 0.25) is 0 Å². The van der Waals surface area contributed by atoms with E-state index in [1.165, 1.54) is 36.4 Å². The molecule has 0 bridgehead atoms. The molecule has 0 unspecified atom stereocenters. The van der Waals surface area contributed by atoms with Gasteiger partial charge in [-0.25, -0.2) is 9.78 Å². The van der Waals surface area contributed by atoms with Crippen molar-refractivity contribution in [1.82, 2.24) is 14.8 Å². The maximum atomic E-state index is 12.8. The average molecular weight is 454 g/mol. The molecule has 2 aromatic rings. The molecule has 0 aliphatic carbocycles. The van der Waals surface area contributed by atoms with Gasteiger partial charge in [0.25, 0.3) is 0 Å². The van der Waals surface area contributed by atoms with Gasteiger partial charge in [0.05, 0.1) is 5.69 Å². The summed E-state index contributed by atoms with van der Waals surface area (Å²) in [6, 6.07) is 9.41. The molecule has 4 heterocycles. The second-order valence-electron chi connectivity index (χ2n) is 9.90. The van der Waals surface area contributed by atoms with Crippen molar-refractivity contribution in [2.75, 3.05) is 56.6 Å². The van der Waals surface area contributed by atoms with Crippen molar-refractivity contribution in [2.45, 2.75) is 50.5 Å². The lowest BCUT2D eigenvalue weighted by Crippen LogP contribution is -2.53. The van der Waals surface area contributed by atoms with Crippen LogP contribution in [0.4, 0.5) is 15.6 Å². The first-order chi connectivity index (χ1) is 15.5. The summed E-state index contributed by atoms with van der Waals surface area (Å²) in [4.78, 5) is 26.3. The van der Waals surface area contributed by atoms with E-state index >= 15 is 0 Å². The Balaban J connectivity index is 1.24. The highest BCUT2D eigenvalue weighted by Crippen LogP contribution is 2.47. The molecule has 2 amide bonds. The zero-order valence-corrected chi connectivity index (χ0v) is 20.4. The molecular formula is C25H35N5OS. The van der Waals surface area contributed by atoms with Gasteiger partial charge in [0.1, 0.15) is 0 Å². The molecule has 172 valence electrons. The number of aryl methyl sites for hydroxylation is 1. The number of nitrogens with zero attached hydrogens (tertiary/aromatic N) is 5. The standard InChI is InChI=1S/C25H35N5OS/c1-19-18-32-23(26-19)29-13-8-20(9-14-29)28-15-10-25(11-16-28)12-17-30(24(31)27(2)3)22-7-5-4-6-21(22)25/h4-7,18,20H,8-17H2,1-3H3. The van der Waals surface area contributed by atoms with Gasteiger partial charge in [0.15, 0.2) is 5.13 Å². The molecule has 3 aliphatic heterocycles. The number of urea groups is 1.